The van der Waals surface area contributed by atoms with Crippen molar-refractivity contribution in [2.75, 3.05) is 16.8 Å². The average Bonchev–Trinajstić information content (AvgIpc) is 2.47. The van der Waals surface area contributed by atoms with Gasteiger partial charge in [0.1, 0.15) is 0 Å². The summed E-state index contributed by atoms with van der Waals surface area (Å²) in [6.45, 7) is 5.55. The van der Waals surface area contributed by atoms with Gasteiger partial charge in [0.25, 0.3) is 0 Å². The van der Waals surface area contributed by atoms with Crippen LogP contribution in [0.15, 0.2) is 36.5 Å². The minimum atomic E-state index is 0.586. The van der Waals surface area contributed by atoms with E-state index in [-0.39, 0.29) is 0 Å². The van der Waals surface area contributed by atoms with Crippen molar-refractivity contribution in [1.29, 1.82) is 0 Å². The fraction of sp³-hybridized carbons (Fsp3) is 0.438. The van der Waals surface area contributed by atoms with Gasteiger partial charge in [-0.1, -0.05) is 48.0 Å². The lowest BCUT2D eigenvalue weighted by Crippen LogP contribution is -2.36. The maximum atomic E-state index is 4.46. The van der Waals surface area contributed by atoms with Crippen molar-refractivity contribution in [1.82, 2.24) is 4.98 Å². The molecule has 0 N–H and O–H groups in total. The number of aromatic nitrogens is 1. The van der Waals surface area contributed by atoms with Crippen LogP contribution in [0.25, 0.3) is 10.9 Å². The lowest BCUT2D eigenvalue weighted by Gasteiger charge is -2.33. The Balaban J connectivity index is 2.49. The lowest BCUT2D eigenvalue weighted by atomic mass is 10.1. The first-order valence-electron chi connectivity index (χ1n) is 6.98. The molecule has 1 aromatic heterocycles. The number of anilines is 1. The van der Waals surface area contributed by atoms with Gasteiger partial charge in [-0.05, 0) is 25.0 Å². The summed E-state index contributed by atoms with van der Waals surface area (Å²) in [5, 5.41) is 2.23. The summed E-state index contributed by atoms with van der Waals surface area (Å²) in [5.41, 5.74) is 2.38. The number of pyridine rings is 1. The number of para-hydroxylation sites is 1. The Bertz CT molecular complexity index is 518. The number of hydrogen-bond donors (Lipinski definition) is 0. The van der Waals surface area contributed by atoms with E-state index >= 15 is 0 Å². The molecule has 0 fully saturated rings. The van der Waals surface area contributed by atoms with Gasteiger partial charge in [0.15, 0.2) is 0 Å². The second kappa shape index (κ2) is 6.90. The van der Waals surface area contributed by atoms with Gasteiger partial charge in [-0.25, -0.2) is 0 Å². The SMILES string of the molecule is CCC(CC)N(CCBr)c1ccnc2ccccc12. The van der Waals surface area contributed by atoms with Crippen molar-refractivity contribution in [2.24, 2.45) is 0 Å². The molecule has 19 heavy (non-hydrogen) atoms. The first kappa shape index (κ1) is 14.3. The van der Waals surface area contributed by atoms with Crippen LogP contribution in [0.3, 0.4) is 0 Å². The summed E-state index contributed by atoms with van der Waals surface area (Å²) in [7, 11) is 0. The molecule has 1 heterocycles. The van der Waals surface area contributed by atoms with E-state index < -0.39 is 0 Å². The van der Waals surface area contributed by atoms with Gasteiger partial charge in [-0.3, -0.25) is 4.98 Å². The van der Waals surface area contributed by atoms with Crippen LogP contribution in [0.2, 0.25) is 0 Å². The van der Waals surface area contributed by atoms with E-state index in [1.54, 1.807) is 0 Å². The monoisotopic (exact) mass is 320 g/mol. The van der Waals surface area contributed by atoms with Crippen LogP contribution in [-0.4, -0.2) is 22.9 Å². The molecular formula is C16H21BrN2. The van der Waals surface area contributed by atoms with E-state index in [9.17, 15) is 0 Å². The summed E-state index contributed by atoms with van der Waals surface area (Å²) in [6, 6.07) is 11.1. The van der Waals surface area contributed by atoms with Gasteiger partial charge in [0.05, 0.1) is 5.52 Å². The van der Waals surface area contributed by atoms with Crippen molar-refractivity contribution in [3.05, 3.63) is 36.5 Å². The van der Waals surface area contributed by atoms with Crippen LogP contribution in [0.4, 0.5) is 5.69 Å². The molecule has 0 amide bonds. The molecule has 1 aromatic carbocycles. The van der Waals surface area contributed by atoms with Crippen molar-refractivity contribution < 1.29 is 0 Å². The predicted octanol–water partition coefficient (Wildman–Crippen LogP) is 4.62. The van der Waals surface area contributed by atoms with Gasteiger partial charge in [-0.2, -0.15) is 0 Å². The van der Waals surface area contributed by atoms with Crippen molar-refractivity contribution in [3.8, 4) is 0 Å². The molecule has 2 nitrogen and oxygen atoms in total. The summed E-state index contributed by atoms with van der Waals surface area (Å²) in [4.78, 5) is 6.97. The number of rotatable bonds is 6. The lowest BCUT2D eigenvalue weighted by molar-refractivity contribution is 0.570. The Kier molecular flexibility index (Phi) is 5.20. The average molecular weight is 321 g/mol. The molecule has 0 saturated heterocycles. The van der Waals surface area contributed by atoms with Gasteiger partial charge in [0, 0.05) is 35.2 Å². The Morgan fingerprint density at radius 1 is 1.16 bits per heavy atom. The number of hydrogen-bond acceptors (Lipinski definition) is 2. The smallest absolute Gasteiger partial charge is 0.0722 e. The molecule has 0 aliphatic carbocycles. The normalized spacial score (nSPS) is 11.2. The number of fused-ring (bicyclic) bond motifs is 1. The van der Waals surface area contributed by atoms with E-state index in [0.29, 0.717) is 6.04 Å². The van der Waals surface area contributed by atoms with Crippen LogP contribution in [-0.2, 0) is 0 Å². The molecule has 3 heteroatoms. The van der Waals surface area contributed by atoms with Crippen LogP contribution < -0.4 is 4.90 Å². The van der Waals surface area contributed by atoms with Crippen LogP contribution in [0.5, 0.6) is 0 Å². The Morgan fingerprint density at radius 3 is 2.58 bits per heavy atom. The molecule has 102 valence electrons. The minimum absolute atomic E-state index is 0.586. The second-order valence-corrected chi connectivity index (χ2v) is 5.49. The third-order valence-electron chi connectivity index (χ3n) is 3.64. The van der Waals surface area contributed by atoms with E-state index in [0.717, 1.165) is 17.4 Å². The largest absolute Gasteiger partial charge is 0.367 e. The first-order chi connectivity index (χ1) is 9.31. The molecule has 0 aliphatic rings. The van der Waals surface area contributed by atoms with Crippen molar-refractivity contribution in [2.45, 2.75) is 32.7 Å². The van der Waals surface area contributed by atoms with Crippen molar-refractivity contribution >= 4 is 32.5 Å². The molecule has 0 atom stereocenters. The molecule has 2 rings (SSSR count). The molecule has 0 unspecified atom stereocenters. The highest BCUT2D eigenvalue weighted by molar-refractivity contribution is 9.09. The molecule has 0 radical (unpaired) electrons. The zero-order chi connectivity index (χ0) is 13.7. The zero-order valence-electron chi connectivity index (χ0n) is 11.6. The highest BCUT2D eigenvalue weighted by Gasteiger charge is 2.17. The molecule has 0 spiro atoms. The zero-order valence-corrected chi connectivity index (χ0v) is 13.2. The molecule has 0 bridgehead atoms. The summed E-state index contributed by atoms with van der Waals surface area (Å²) >= 11 is 3.58. The third kappa shape index (κ3) is 3.08. The van der Waals surface area contributed by atoms with E-state index in [2.05, 4.69) is 63.9 Å². The predicted molar refractivity (Wildman–Crippen MR) is 87.3 cm³/mol. The Hall–Kier alpha value is -1.09. The highest BCUT2D eigenvalue weighted by Crippen LogP contribution is 2.28. The number of benzene rings is 1. The third-order valence-corrected chi connectivity index (χ3v) is 4.00. The van der Waals surface area contributed by atoms with Crippen LogP contribution in [0.1, 0.15) is 26.7 Å². The van der Waals surface area contributed by atoms with E-state index in [4.69, 9.17) is 0 Å². The van der Waals surface area contributed by atoms with Gasteiger partial charge in [-0.15, -0.1) is 0 Å². The number of nitrogens with zero attached hydrogens (tertiary/aromatic N) is 2. The van der Waals surface area contributed by atoms with Gasteiger partial charge < -0.3 is 4.90 Å². The minimum Gasteiger partial charge on any atom is -0.367 e. The van der Waals surface area contributed by atoms with Crippen LogP contribution >= 0.6 is 15.9 Å². The fourth-order valence-electron chi connectivity index (χ4n) is 2.65. The quantitative estimate of drug-likeness (QED) is 0.722. The second-order valence-electron chi connectivity index (χ2n) is 4.70. The summed E-state index contributed by atoms with van der Waals surface area (Å²) < 4.78 is 0. The fourth-order valence-corrected chi connectivity index (χ4v) is 3.03. The molecule has 0 saturated carbocycles. The molecular weight excluding hydrogens is 300 g/mol. The van der Waals surface area contributed by atoms with E-state index in [1.807, 2.05) is 12.3 Å². The molecule has 2 aromatic rings. The maximum Gasteiger partial charge on any atom is 0.0722 e. The van der Waals surface area contributed by atoms with Crippen molar-refractivity contribution in [3.63, 3.8) is 0 Å². The first-order valence-corrected chi connectivity index (χ1v) is 8.10. The Labute approximate surface area is 124 Å². The molecule has 0 aliphatic heterocycles. The highest BCUT2D eigenvalue weighted by atomic mass is 79.9. The topological polar surface area (TPSA) is 16.1 Å². The summed E-state index contributed by atoms with van der Waals surface area (Å²) in [6.07, 6.45) is 4.25. The number of halogens is 1. The maximum absolute atomic E-state index is 4.46. The van der Waals surface area contributed by atoms with Crippen LogP contribution in [0, 0.1) is 0 Å². The van der Waals surface area contributed by atoms with E-state index in [1.165, 1.54) is 23.9 Å². The Morgan fingerprint density at radius 2 is 1.89 bits per heavy atom. The standard InChI is InChI=1S/C16H21BrN2/c1-3-13(4-2)19(12-10-17)16-9-11-18-15-8-6-5-7-14(15)16/h5-9,11,13H,3-4,10,12H2,1-2H3. The van der Waals surface area contributed by atoms with Gasteiger partial charge >= 0.3 is 0 Å². The number of alkyl halides is 1. The van der Waals surface area contributed by atoms with Gasteiger partial charge in [0.2, 0.25) is 0 Å². The summed E-state index contributed by atoms with van der Waals surface area (Å²) in [5.74, 6) is 0.